The van der Waals surface area contributed by atoms with Crippen LogP contribution >= 0.6 is 11.6 Å². The minimum absolute atomic E-state index is 0.165. The van der Waals surface area contributed by atoms with Crippen molar-refractivity contribution < 1.29 is 35.9 Å². The molecule has 0 fully saturated rings. The SMILES string of the molecule is COc1ccc(S(=O)(=O)N[C@@H](C)C(=O)Nc2ccc(Cl)c(C(F)(F)F)c2)cc1OC. The Balaban J connectivity index is 2.17. The van der Waals surface area contributed by atoms with Gasteiger partial charge in [0.2, 0.25) is 15.9 Å². The van der Waals surface area contributed by atoms with Crippen LogP contribution in [0.4, 0.5) is 18.9 Å². The fourth-order valence-corrected chi connectivity index (χ4v) is 3.85. The second kappa shape index (κ2) is 9.11. The van der Waals surface area contributed by atoms with Gasteiger partial charge in [-0.15, -0.1) is 0 Å². The molecule has 0 saturated heterocycles. The van der Waals surface area contributed by atoms with E-state index in [2.05, 4.69) is 10.0 Å². The van der Waals surface area contributed by atoms with Crippen molar-refractivity contribution in [1.29, 1.82) is 0 Å². The van der Waals surface area contributed by atoms with Crippen LogP contribution in [0.5, 0.6) is 11.5 Å². The number of nitrogens with one attached hydrogen (secondary N) is 2. The van der Waals surface area contributed by atoms with E-state index in [0.29, 0.717) is 11.8 Å². The Labute approximate surface area is 176 Å². The number of carbonyl (C=O) groups is 1. The smallest absolute Gasteiger partial charge is 0.417 e. The molecule has 12 heteroatoms. The number of amides is 1. The van der Waals surface area contributed by atoms with Crippen LogP contribution in [-0.2, 0) is 21.0 Å². The minimum atomic E-state index is -4.71. The number of hydrogen-bond donors (Lipinski definition) is 2. The molecule has 0 aliphatic rings. The second-order valence-corrected chi connectivity index (χ2v) is 8.16. The van der Waals surface area contributed by atoms with E-state index >= 15 is 0 Å². The van der Waals surface area contributed by atoms with Crippen LogP contribution in [0.1, 0.15) is 12.5 Å². The Hall–Kier alpha value is -2.50. The molecule has 164 valence electrons. The highest BCUT2D eigenvalue weighted by Crippen LogP contribution is 2.36. The normalized spacial score (nSPS) is 12.9. The van der Waals surface area contributed by atoms with Gasteiger partial charge in [0.25, 0.3) is 0 Å². The third-order valence-corrected chi connectivity index (χ3v) is 5.80. The first kappa shape index (κ1) is 23.8. The van der Waals surface area contributed by atoms with E-state index < -0.39 is 38.7 Å². The van der Waals surface area contributed by atoms with Gasteiger partial charge in [0.05, 0.1) is 35.7 Å². The van der Waals surface area contributed by atoms with Gasteiger partial charge in [-0.05, 0) is 37.3 Å². The zero-order valence-electron chi connectivity index (χ0n) is 16.0. The van der Waals surface area contributed by atoms with Crippen molar-refractivity contribution >= 4 is 33.2 Å². The average molecular weight is 467 g/mol. The summed E-state index contributed by atoms with van der Waals surface area (Å²) in [6, 6.07) is 5.36. The lowest BCUT2D eigenvalue weighted by atomic mass is 10.2. The number of alkyl halides is 3. The number of hydrogen-bond acceptors (Lipinski definition) is 5. The molecule has 0 unspecified atom stereocenters. The fourth-order valence-electron chi connectivity index (χ4n) is 2.41. The topological polar surface area (TPSA) is 93.7 Å². The zero-order chi connectivity index (χ0) is 22.7. The molecule has 30 heavy (non-hydrogen) atoms. The van der Waals surface area contributed by atoms with E-state index in [9.17, 15) is 26.4 Å². The highest BCUT2D eigenvalue weighted by atomic mass is 35.5. The predicted octanol–water partition coefficient (Wildman–Crippen LogP) is 3.68. The van der Waals surface area contributed by atoms with Crippen LogP contribution in [0.25, 0.3) is 0 Å². The first-order valence-electron chi connectivity index (χ1n) is 8.31. The zero-order valence-corrected chi connectivity index (χ0v) is 17.6. The Morgan fingerprint density at radius 3 is 2.27 bits per heavy atom. The van der Waals surface area contributed by atoms with Gasteiger partial charge in [-0.2, -0.15) is 17.9 Å². The predicted molar refractivity (Wildman–Crippen MR) is 104 cm³/mol. The van der Waals surface area contributed by atoms with E-state index in [1.54, 1.807) is 0 Å². The summed E-state index contributed by atoms with van der Waals surface area (Å²) in [5.74, 6) is -0.390. The maximum absolute atomic E-state index is 12.9. The van der Waals surface area contributed by atoms with E-state index in [1.165, 1.54) is 45.4 Å². The molecule has 0 aliphatic carbocycles. The van der Waals surface area contributed by atoms with Crippen molar-refractivity contribution in [2.24, 2.45) is 0 Å². The third kappa shape index (κ3) is 5.55. The Kier molecular flexibility index (Phi) is 7.22. The van der Waals surface area contributed by atoms with Gasteiger partial charge in [-0.3, -0.25) is 4.79 Å². The lowest BCUT2D eigenvalue weighted by Crippen LogP contribution is -2.41. The summed E-state index contributed by atoms with van der Waals surface area (Å²) in [5.41, 5.74) is -1.31. The van der Waals surface area contributed by atoms with Gasteiger partial charge < -0.3 is 14.8 Å². The molecule has 2 aromatic rings. The molecule has 2 aromatic carbocycles. The maximum atomic E-state index is 12.9. The van der Waals surface area contributed by atoms with Crippen molar-refractivity contribution in [2.75, 3.05) is 19.5 Å². The number of methoxy groups -OCH3 is 2. The average Bonchev–Trinajstić information content (AvgIpc) is 2.67. The van der Waals surface area contributed by atoms with Gasteiger partial charge >= 0.3 is 6.18 Å². The van der Waals surface area contributed by atoms with Crippen LogP contribution in [0.15, 0.2) is 41.3 Å². The quantitative estimate of drug-likeness (QED) is 0.649. The molecule has 0 spiro atoms. The van der Waals surface area contributed by atoms with Crippen molar-refractivity contribution in [3.05, 3.63) is 47.0 Å². The molecule has 0 bridgehead atoms. The molecule has 0 aliphatic heterocycles. The van der Waals surface area contributed by atoms with Crippen molar-refractivity contribution in [2.45, 2.75) is 24.0 Å². The highest BCUT2D eigenvalue weighted by molar-refractivity contribution is 7.89. The summed E-state index contributed by atoms with van der Waals surface area (Å²) in [6.45, 7) is 1.24. The molecule has 0 aromatic heterocycles. The number of ether oxygens (including phenoxy) is 2. The molecular formula is C18H18ClF3N2O5S. The van der Waals surface area contributed by atoms with Gasteiger partial charge in [-0.1, -0.05) is 11.6 Å². The molecular weight excluding hydrogens is 449 g/mol. The Morgan fingerprint density at radius 1 is 1.07 bits per heavy atom. The monoisotopic (exact) mass is 466 g/mol. The van der Waals surface area contributed by atoms with Crippen LogP contribution in [-0.4, -0.2) is 34.6 Å². The molecule has 7 nitrogen and oxygen atoms in total. The van der Waals surface area contributed by atoms with E-state index in [0.717, 1.165) is 6.07 Å². The van der Waals surface area contributed by atoms with E-state index in [4.69, 9.17) is 21.1 Å². The molecule has 0 heterocycles. The van der Waals surface area contributed by atoms with E-state index in [-0.39, 0.29) is 16.3 Å². The number of benzene rings is 2. The molecule has 2 N–H and O–H groups in total. The van der Waals surface area contributed by atoms with Crippen molar-refractivity contribution in [3.8, 4) is 11.5 Å². The molecule has 2 rings (SSSR count). The third-order valence-electron chi connectivity index (χ3n) is 3.93. The number of carbonyl (C=O) groups excluding carboxylic acids is 1. The van der Waals surface area contributed by atoms with Gasteiger partial charge in [-0.25, -0.2) is 8.42 Å². The summed E-state index contributed by atoms with van der Waals surface area (Å²) in [7, 11) is -1.42. The molecule has 0 saturated carbocycles. The van der Waals surface area contributed by atoms with Gasteiger partial charge in [0, 0.05) is 11.8 Å². The maximum Gasteiger partial charge on any atom is 0.417 e. The summed E-state index contributed by atoms with van der Waals surface area (Å²) in [5, 5.41) is 1.70. The molecule has 1 atom stereocenters. The van der Waals surface area contributed by atoms with Crippen molar-refractivity contribution in [3.63, 3.8) is 0 Å². The lowest BCUT2D eigenvalue weighted by molar-refractivity contribution is -0.137. The lowest BCUT2D eigenvalue weighted by Gasteiger charge is -2.16. The van der Waals surface area contributed by atoms with Gasteiger partial charge in [0.1, 0.15) is 0 Å². The first-order chi connectivity index (χ1) is 13.9. The Bertz CT molecular complexity index is 1040. The molecule has 1 amide bonds. The number of rotatable bonds is 7. The summed E-state index contributed by atoms with van der Waals surface area (Å²) in [6.07, 6.45) is -4.71. The summed E-state index contributed by atoms with van der Waals surface area (Å²) >= 11 is 5.54. The van der Waals surface area contributed by atoms with Crippen molar-refractivity contribution in [1.82, 2.24) is 4.72 Å². The Morgan fingerprint density at radius 2 is 1.70 bits per heavy atom. The number of halogens is 4. The van der Waals surface area contributed by atoms with Crippen LogP contribution in [0.2, 0.25) is 5.02 Å². The fraction of sp³-hybridized carbons (Fsp3) is 0.278. The van der Waals surface area contributed by atoms with Crippen LogP contribution in [0, 0.1) is 0 Å². The minimum Gasteiger partial charge on any atom is -0.493 e. The summed E-state index contributed by atoms with van der Waals surface area (Å²) in [4.78, 5) is 12.1. The van der Waals surface area contributed by atoms with E-state index in [1.807, 2.05) is 0 Å². The standard InChI is InChI=1S/C18H18ClF3N2O5S/c1-10(17(25)23-11-4-6-14(19)13(8-11)18(20,21)22)24-30(26,27)12-5-7-15(28-2)16(9-12)29-3/h4-10,24H,1-3H3,(H,23,25)/t10-/m0/s1. The highest BCUT2D eigenvalue weighted by Gasteiger charge is 2.33. The van der Waals surface area contributed by atoms with Crippen LogP contribution in [0.3, 0.4) is 0 Å². The van der Waals surface area contributed by atoms with Gasteiger partial charge in [0.15, 0.2) is 11.5 Å². The largest absolute Gasteiger partial charge is 0.493 e. The van der Waals surface area contributed by atoms with Crippen LogP contribution < -0.4 is 19.5 Å². The first-order valence-corrected chi connectivity index (χ1v) is 10.2. The molecule has 0 radical (unpaired) electrons. The summed E-state index contributed by atoms with van der Waals surface area (Å²) < 4.78 is 76.2. The second-order valence-electron chi connectivity index (χ2n) is 6.04. The number of sulfonamides is 1. The number of anilines is 1.